The average Bonchev–Trinajstić information content (AvgIpc) is 2.13. The Morgan fingerprint density at radius 2 is 1.47 bits per heavy atom. The summed E-state index contributed by atoms with van der Waals surface area (Å²) in [6.45, 7) is 12.0. The van der Waals surface area contributed by atoms with Gasteiger partial charge in [-0.15, -0.1) is 0 Å². The molecule has 0 saturated heterocycles. The number of aromatic hydroxyl groups is 1. The number of aromatic carboxylic acids is 1. The summed E-state index contributed by atoms with van der Waals surface area (Å²) in [5.41, 5.74) is 1.12. The molecule has 0 aliphatic carbocycles. The summed E-state index contributed by atoms with van der Waals surface area (Å²) in [6.07, 6.45) is 0. The molecule has 104 valence electrons. The van der Waals surface area contributed by atoms with Crippen molar-refractivity contribution in [1.29, 1.82) is 0 Å². The molecule has 0 aliphatic rings. The van der Waals surface area contributed by atoms with Gasteiger partial charge in [-0.1, -0.05) is 47.6 Å². The number of hydrogen-bond acceptors (Lipinski definition) is 2. The van der Waals surface area contributed by atoms with E-state index >= 15 is 0 Å². The van der Waals surface area contributed by atoms with E-state index < -0.39 is 5.97 Å². The van der Waals surface area contributed by atoms with Gasteiger partial charge in [0, 0.05) is 32.9 Å². The molecule has 0 amide bonds. The van der Waals surface area contributed by atoms with Gasteiger partial charge in [-0.05, 0) is 22.5 Å². The molecule has 0 atom stereocenters. The summed E-state index contributed by atoms with van der Waals surface area (Å²) >= 11 is 0. The molecule has 1 aromatic carbocycles. The molecule has 0 heterocycles. The van der Waals surface area contributed by atoms with E-state index in [9.17, 15) is 15.0 Å². The topological polar surface area (TPSA) is 57.5 Å². The monoisotopic (exact) mass is 458 g/mol. The Morgan fingerprint density at radius 1 is 1.00 bits per heavy atom. The fourth-order valence-corrected chi connectivity index (χ4v) is 1.80. The van der Waals surface area contributed by atoms with Crippen LogP contribution in [0.5, 0.6) is 5.75 Å². The first-order valence-electron chi connectivity index (χ1n) is 6.06. The molecule has 0 bridgehead atoms. The van der Waals surface area contributed by atoms with Crippen molar-refractivity contribution in [3.8, 4) is 5.75 Å². The largest absolute Gasteiger partial charge is 0.507 e. The Morgan fingerprint density at radius 3 is 1.79 bits per heavy atom. The van der Waals surface area contributed by atoms with Crippen molar-refractivity contribution in [2.45, 2.75) is 52.4 Å². The van der Waals surface area contributed by atoms with E-state index in [1.54, 1.807) is 6.07 Å². The number of rotatable bonds is 1. The second kappa shape index (κ2) is 5.81. The van der Waals surface area contributed by atoms with Crippen LogP contribution < -0.4 is 0 Å². The predicted molar refractivity (Wildman–Crippen MR) is 78.2 cm³/mol. The van der Waals surface area contributed by atoms with Crippen LogP contribution in [0.4, 0.5) is 0 Å². The molecule has 0 aliphatic heterocycles. The predicted octanol–water partition coefficient (Wildman–Crippen LogP) is 3.30. The number of carboxylic acids is 1. The SMILES string of the molecule is CC(C)(C)c1cc(C(=O)O)c(O)c(C(C)(C)C)c1.[Pb]. The maximum atomic E-state index is 11.2. The fraction of sp³-hybridized carbons (Fsp3) is 0.533. The summed E-state index contributed by atoms with van der Waals surface area (Å²) in [4.78, 5) is 11.2. The molecule has 0 saturated carbocycles. The maximum Gasteiger partial charge on any atom is 0.339 e. The zero-order valence-electron chi connectivity index (χ0n) is 12.5. The third-order valence-corrected chi connectivity index (χ3v) is 3.01. The van der Waals surface area contributed by atoms with E-state index in [1.165, 1.54) is 0 Å². The van der Waals surface area contributed by atoms with Gasteiger partial charge in [0.15, 0.2) is 0 Å². The van der Waals surface area contributed by atoms with Crippen LogP contribution >= 0.6 is 0 Å². The molecule has 19 heavy (non-hydrogen) atoms. The van der Waals surface area contributed by atoms with Crippen LogP contribution in [0, 0.1) is 0 Å². The number of phenols is 1. The number of hydrogen-bond donors (Lipinski definition) is 2. The zero-order valence-corrected chi connectivity index (χ0v) is 16.3. The van der Waals surface area contributed by atoms with Crippen molar-refractivity contribution < 1.29 is 15.0 Å². The third-order valence-electron chi connectivity index (χ3n) is 3.01. The van der Waals surface area contributed by atoms with Gasteiger partial charge >= 0.3 is 5.97 Å². The van der Waals surface area contributed by atoms with Gasteiger partial charge in [0.25, 0.3) is 0 Å². The van der Waals surface area contributed by atoms with Gasteiger partial charge < -0.3 is 10.2 Å². The van der Waals surface area contributed by atoms with Crippen molar-refractivity contribution in [2.24, 2.45) is 0 Å². The molecular formula is C15H22O3Pb. The van der Waals surface area contributed by atoms with Gasteiger partial charge in [0.2, 0.25) is 0 Å². The molecule has 1 aromatic rings. The molecule has 4 radical (unpaired) electrons. The van der Waals surface area contributed by atoms with Gasteiger partial charge in [-0.3, -0.25) is 0 Å². The van der Waals surface area contributed by atoms with E-state index in [4.69, 9.17) is 0 Å². The van der Waals surface area contributed by atoms with E-state index in [0.717, 1.165) is 5.56 Å². The van der Waals surface area contributed by atoms with Crippen LogP contribution in [0.3, 0.4) is 0 Å². The fourth-order valence-electron chi connectivity index (χ4n) is 1.80. The molecule has 3 nitrogen and oxygen atoms in total. The minimum atomic E-state index is -1.09. The standard InChI is InChI=1S/C15H22O3.Pb/c1-14(2,3)9-7-10(13(17)18)12(16)11(8-9)15(4,5)6;/h7-8,16H,1-6H3,(H,17,18);. The van der Waals surface area contributed by atoms with Crippen LogP contribution in [-0.4, -0.2) is 43.5 Å². The van der Waals surface area contributed by atoms with Gasteiger partial charge in [0.05, 0.1) is 0 Å². The maximum absolute atomic E-state index is 11.2. The molecule has 0 aromatic heterocycles. The van der Waals surface area contributed by atoms with Crippen molar-refractivity contribution in [3.63, 3.8) is 0 Å². The first-order chi connectivity index (χ1) is 7.94. The second-order valence-corrected chi connectivity index (χ2v) is 6.73. The Bertz CT molecular complexity index is 479. The number of benzene rings is 1. The van der Waals surface area contributed by atoms with Gasteiger partial charge in [-0.25, -0.2) is 4.79 Å². The Kier molecular flexibility index (Phi) is 5.63. The Hall–Kier alpha value is -0.588. The van der Waals surface area contributed by atoms with E-state index in [0.29, 0.717) is 5.56 Å². The first-order valence-corrected chi connectivity index (χ1v) is 6.06. The van der Waals surface area contributed by atoms with Crippen molar-refractivity contribution >= 4 is 33.3 Å². The molecule has 2 N–H and O–H groups in total. The van der Waals surface area contributed by atoms with Gasteiger partial charge in [0.1, 0.15) is 11.3 Å². The zero-order chi connectivity index (χ0) is 14.3. The van der Waals surface area contributed by atoms with E-state index in [-0.39, 0.29) is 49.4 Å². The average molecular weight is 458 g/mol. The normalized spacial score (nSPS) is 11.9. The van der Waals surface area contributed by atoms with Crippen molar-refractivity contribution in [2.75, 3.05) is 0 Å². The van der Waals surface area contributed by atoms with Crippen LogP contribution in [0.25, 0.3) is 0 Å². The van der Waals surface area contributed by atoms with Crippen LogP contribution in [-0.2, 0) is 10.8 Å². The smallest absolute Gasteiger partial charge is 0.339 e. The Balaban J connectivity index is 0.00000324. The quantitative estimate of drug-likeness (QED) is 0.637. The molecule has 0 fully saturated rings. The first kappa shape index (κ1) is 18.4. The van der Waals surface area contributed by atoms with Crippen molar-refractivity contribution in [1.82, 2.24) is 0 Å². The summed E-state index contributed by atoms with van der Waals surface area (Å²) in [7, 11) is 0. The van der Waals surface area contributed by atoms with Crippen molar-refractivity contribution in [3.05, 3.63) is 28.8 Å². The minimum absolute atomic E-state index is 0. The van der Waals surface area contributed by atoms with Crippen LogP contribution in [0.15, 0.2) is 12.1 Å². The molecular weight excluding hydrogens is 435 g/mol. The van der Waals surface area contributed by atoms with Gasteiger partial charge in [-0.2, -0.15) is 0 Å². The summed E-state index contributed by atoms with van der Waals surface area (Å²) < 4.78 is 0. The molecule has 4 heteroatoms. The summed E-state index contributed by atoms with van der Waals surface area (Å²) in [5, 5.41) is 19.3. The van der Waals surface area contributed by atoms with E-state index in [1.807, 2.05) is 47.6 Å². The Labute approximate surface area is 135 Å². The summed E-state index contributed by atoms with van der Waals surface area (Å²) in [5.74, 6) is -1.22. The third kappa shape index (κ3) is 4.19. The number of carbonyl (C=O) groups is 1. The van der Waals surface area contributed by atoms with Crippen LogP contribution in [0.1, 0.15) is 63.0 Å². The number of carboxylic acid groups (broad SMARTS) is 1. The van der Waals surface area contributed by atoms with Crippen LogP contribution in [0.2, 0.25) is 0 Å². The minimum Gasteiger partial charge on any atom is -0.507 e. The molecule has 0 spiro atoms. The summed E-state index contributed by atoms with van der Waals surface area (Å²) in [6, 6.07) is 3.47. The van der Waals surface area contributed by atoms with E-state index in [2.05, 4.69) is 0 Å². The second-order valence-electron chi connectivity index (χ2n) is 6.73. The molecule has 1 rings (SSSR count). The molecule has 0 unspecified atom stereocenters.